The third-order valence-corrected chi connectivity index (χ3v) is 4.20. The standard InChI is InChI=1S/C14H18Br2N2O5/c1-13(2,3)23-12(19)17-11(14(15,16)18(20)21)9-5-7-10(22-4)8-6-9/h5-8,11H,1-4H3,(H,17,19). The van der Waals surface area contributed by atoms with Crippen LogP contribution in [0.15, 0.2) is 24.3 Å². The first-order valence-electron chi connectivity index (χ1n) is 6.63. The van der Waals surface area contributed by atoms with E-state index in [4.69, 9.17) is 9.47 Å². The van der Waals surface area contributed by atoms with E-state index in [1.807, 2.05) is 0 Å². The van der Waals surface area contributed by atoms with Crippen molar-refractivity contribution in [2.24, 2.45) is 0 Å². The lowest BCUT2D eigenvalue weighted by Crippen LogP contribution is -2.44. The Hall–Kier alpha value is -1.35. The maximum absolute atomic E-state index is 12.0. The van der Waals surface area contributed by atoms with E-state index in [0.717, 1.165) is 0 Å². The number of carbonyl (C=O) groups is 1. The van der Waals surface area contributed by atoms with Gasteiger partial charge in [0.1, 0.15) is 17.4 Å². The third-order valence-electron chi connectivity index (χ3n) is 2.70. The number of nitro groups is 1. The molecule has 0 saturated heterocycles. The van der Waals surface area contributed by atoms with Crippen LogP contribution in [0.1, 0.15) is 32.4 Å². The zero-order valence-electron chi connectivity index (χ0n) is 13.1. The van der Waals surface area contributed by atoms with Crippen LogP contribution in [0.3, 0.4) is 0 Å². The molecule has 0 aliphatic heterocycles. The summed E-state index contributed by atoms with van der Waals surface area (Å²) in [7, 11) is 1.52. The Morgan fingerprint density at radius 1 is 1.26 bits per heavy atom. The lowest BCUT2D eigenvalue weighted by molar-refractivity contribution is -0.509. The molecule has 0 aliphatic carbocycles. The Balaban J connectivity index is 3.11. The number of halogens is 2. The molecule has 128 valence electrons. The number of hydrogen-bond acceptors (Lipinski definition) is 5. The Kier molecular flexibility index (Phi) is 6.41. The number of hydrogen-bond donors (Lipinski definition) is 1. The third kappa shape index (κ3) is 5.65. The normalized spacial score (nSPS) is 13.1. The van der Waals surface area contributed by atoms with Crippen LogP contribution in [0.25, 0.3) is 0 Å². The van der Waals surface area contributed by atoms with Crippen LogP contribution < -0.4 is 10.1 Å². The van der Waals surface area contributed by atoms with Crippen molar-refractivity contribution < 1.29 is 19.2 Å². The summed E-state index contributed by atoms with van der Waals surface area (Å²) >= 11 is 6.02. The van der Waals surface area contributed by atoms with E-state index >= 15 is 0 Å². The molecule has 0 saturated carbocycles. The quantitative estimate of drug-likeness (QED) is 0.315. The van der Waals surface area contributed by atoms with Gasteiger partial charge in [0.05, 0.1) is 12.0 Å². The summed E-state index contributed by atoms with van der Waals surface area (Å²) in [5.74, 6) is 0.598. The minimum atomic E-state index is -1.79. The molecule has 1 aromatic carbocycles. The smallest absolute Gasteiger partial charge is 0.408 e. The molecule has 0 fully saturated rings. The van der Waals surface area contributed by atoms with Gasteiger partial charge in [-0.25, -0.2) is 4.79 Å². The molecule has 1 rings (SSSR count). The first-order chi connectivity index (χ1) is 10.5. The lowest BCUT2D eigenvalue weighted by atomic mass is 10.1. The van der Waals surface area contributed by atoms with Gasteiger partial charge < -0.3 is 14.8 Å². The van der Waals surface area contributed by atoms with Crippen molar-refractivity contribution in [3.63, 3.8) is 0 Å². The molecule has 9 heteroatoms. The number of carbonyl (C=O) groups excluding carboxylic acids is 1. The van der Waals surface area contributed by atoms with Crippen LogP contribution in [-0.2, 0) is 4.74 Å². The summed E-state index contributed by atoms with van der Waals surface area (Å²) in [6, 6.07) is 5.53. The Bertz CT molecular complexity index is 570. The SMILES string of the molecule is COc1ccc(C(NC(=O)OC(C)(C)C)C(Br)(Br)[N+](=O)[O-])cc1. The van der Waals surface area contributed by atoms with E-state index in [1.54, 1.807) is 45.0 Å². The number of ether oxygens (including phenoxy) is 2. The number of amides is 1. The summed E-state index contributed by atoms with van der Waals surface area (Å²) in [6.07, 6.45) is -0.761. The second-order valence-electron chi connectivity index (χ2n) is 5.70. The van der Waals surface area contributed by atoms with E-state index in [1.165, 1.54) is 7.11 Å². The molecule has 0 aromatic heterocycles. The summed E-state index contributed by atoms with van der Waals surface area (Å²) in [5, 5.41) is 13.8. The maximum Gasteiger partial charge on any atom is 0.408 e. The molecule has 0 aliphatic rings. The molecule has 7 nitrogen and oxygen atoms in total. The fourth-order valence-corrected chi connectivity index (χ4v) is 2.46. The number of alkyl carbamates (subject to hydrolysis) is 1. The Labute approximate surface area is 151 Å². The summed E-state index contributed by atoms with van der Waals surface area (Å²) in [5.41, 5.74) is -0.216. The van der Waals surface area contributed by atoms with Crippen molar-refractivity contribution in [2.45, 2.75) is 35.8 Å². The first-order valence-corrected chi connectivity index (χ1v) is 8.21. The zero-order valence-corrected chi connectivity index (χ0v) is 16.3. The number of alkyl halides is 2. The summed E-state index contributed by atoms with van der Waals surface area (Å²) in [4.78, 5) is 22.7. The van der Waals surface area contributed by atoms with Crippen molar-refractivity contribution in [1.82, 2.24) is 5.32 Å². The average molecular weight is 454 g/mol. The summed E-state index contributed by atoms with van der Waals surface area (Å²) < 4.78 is 8.44. The topological polar surface area (TPSA) is 90.7 Å². The van der Waals surface area contributed by atoms with Gasteiger partial charge in [0.15, 0.2) is 0 Å². The van der Waals surface area contributed by atoms with Crippen LogP contribution in [0.4, 0.5) is 4.79 Å². The van der Waals surface area contributed by atoms with E-state index in [0.29, 0.717) is 11.3 Å². The highest BCUT2D eigenvalue weighted by atomic mass is 79.9. The van der Waals surface area contributed by atoms with Crippen LogP contribution >= 0.6 is 31.9 Å². The van der Waals surface area contributed by atoms with E-state index in [9.17, 15) is 14.9 Å². The highest BCUT2D eigenvalue weighted by Crippen LogP contribution is 2.40. The molecule has 0 bridgehead atoms. The van der Waals surface area contributed by atoms with Crippen molar-refractivity contribution in [3.8, 4) is 5.75 Å². The molecule has 1 amide bonds. The minimum Gasteiger partial charge on any atom is -0.497 e. The predicted molar refractivity (Wildman–Crippen MR) is 92.7 cm³/mol. The first kappa shape index (κ1) is 19.7. The van der Waals surface area contributed by atoms with Crippen LogP contribution in [-0.4, -0.2) is 27.1 Å². The zero-order chi connectivity index (χ0) is 17.8. The highest BCUT2D eigenvalue weighted by molar-refractivity contribution is 9.25. The van der Waals surface area contributed by atoms with Crippen molar-refractivity contribution in [1.29, 1.82) is 0 Å². The molecule has 0 heterocycles. The Morgan fingerprint density at radius 2 is 1.78 bits per heavy atom. The van der Waals surface area contributed by atoms with Gasteiger partial charge in [-0.05, 0) is 38.5 Å². The average Bonchev–Trinajstić information content (AvgIpc) is 2.42. The number of nitrogens with zero attached hydrogens (tertiary/aromatic N) is 1. The molecular weight excluding hydrogens is 436 g/mol. The van der Waals surface area contributed by atoms with Crippen LogP contribution in [0.2, 0.25) is 0 Å². The molecule has 0 spiro atoms. The number of methoxy groups -OCH3 is 1. The molecule has 0 radical (unpaired) electrons. The van der Waals surface area contributed by atoms with Gasteiger partial charge in [-0.15, -0.1) is 0 Å². The minimum absolute atomic E-state index is 0.502. The van der Waals surface area contributed by atoms with Crippen LogP contribution in [0.5, 0.6) is 5.75 Å². The van der Waals surface area contributed by atoms with E-state index in [2.05, 4.69) is 37.2 Å². The largest absolute Gasteiger partial charge is 0.497 e. The Morgan fingerprint density at radius 3 is 2.17 bits per heavy atom. The highest BCUT2D eigenvalue weighted by Gasteiger charge is 2.48. The molecule has 1 atom stereocenters. The molecule has 1 N–H and O–H groups in total. The van der Waals surface area contributed by atoms with Gasteiger partial charge in [0.2, 0.25) is 0 Å². The summed E-state index contributed by atoms with van der Waals surface area (Å²) in [6.45, 7) is 5.12. The molecule has 23 heavy (non-hydrogen) atoms. The van der Waals surface area contributed by atoms with E-state index < -0.39 is 26.0 Å². The molecular formula is C14H18Br2N2O5. The van der Waals surface area contributed by atoms with Gasteiger partial charge in [0, 0.05) is 31.9 Å². The van der Waals surface area contributed by atoms with E-state index in [-0.39, 0.29) is 0 Å². The van der Waals surface area contributed by atoms with Crippen molar-refractivity contribution >= 4 is 38.0 Å². The molecule has 1 unspecified atom stereocenters. The fourth-order valence-electron chi connectivity index (χ4n) is 1.70. The number of benzene rings is 1. The fraction of sp³-hybridized carbons (Fsp3) is 0.500. The van der Waals surface area contributed by atoms with Gasteiger partial charge >= 0.3 is 9.45 Å². The van der Waals surface area contributed by atoms with Crippen LogP contribution in [0, 0.1) is 10.1 Å². The lowest BCUT2D eigenvalue weighted by Gasteiger charge is -2.27. The molecule has 1 aromatic rings. The van der Waals surface area contributed by atoms with Gasteiger partial charge in [-0.2, -0.15) is 0 Å². The second kappa shape index (κ2) is 7.48. The maximum atomic E-state index is 12.0. The van der Waals surface area contributed by atoms with Gasteiger partial charge in [-0.3, -0.25) is 10.1 Å². The number of rotatable bonds is 5. The van der Waals surface area contributed by atoms with Crippen molar-refractivity contribution in [3.05, 3.63) is 39.9 Å². The second-order valence-corrected chi connectivity index (χ2v) is 9.18. The van der Waals surface area contributed by atoms with Crippen molar-refractivity contribution in [2.75, 3.05) is 7.11 Å². The number of nitrogens with one attached hydrogen (secondary N) is 1. The monoisotopic (exact) mass is 452 g/mol. The predicted octanol–water partition coefficient (Wildman–Crippen LogP) is 3.98. The van der Waals surface area contributed by atoms with Gasteiger partial charge in [0.25, 0.3) is 0 Å². The van der Waals surface area contributed by atoms with Gasteiger partial charge in [-0.1, -0.05) is 12.1 Å².